The number of nitrogens with zero attached hydrogens (tertiary/aromatic N) is 2. The fourth-order valence-corrected chi connectivity index (χ4v) is 1.72. The topological polar surface area (TPSA) is 58.7 Å². The molecule has 1 heterocycles. The summed E-state index contributed by atoms with van der Waals surface area (Å²) in [5.74, 6) is 0.0634. The molecule has 0 spiro atoms. The van der Waals surface area contributed by atoms with Gasteiger partial charge in [-0.25, -0.2) is 0 Å². The summed E-state index contributed by atoms with van der Waals surface area (Å²) in [6, 6.07) is 0.157. The van der Waals surface area contributed by atoms with E-state index in [-0.39, 0.29) is 6.04 Å². The SMILES string of the molecule is C=CN1CC[C@H](C)C(N=C(C)C(N)=O)C1. The first-order valence-electron chi connectivity index (χ1n) is 5.25. The Labute approximate surface area is 90.8 Å². The fourth-order valence-electron chi connectivity index (χ4n) is 1.72. The van der Waals surface area contributed by atoms with Gasteiger partial charge in [-0.1, -0.05) is 13.5 Å². The Bertz CT molecular complexity index is 286. The monoisotopic (exact) mass is 209 g/mol. The highest BCUT2D eigenvalue weighted by atomic mass is 16.1. The first-order chi connectivity index (χ1) is 7.04. The van der Waals surface area contributed by atoms with Crippen molar-refractivity contribution in [3.63, 3.8) is 0 Å². The van der Waals surface area contributed by atoms with Crippen molar-refractivity contribution in [1.29, 1.82) is 0 Å². The number of nitrogens with two attached hydrogens (primary N) is 1. The molecule has 84 valence electrons. The van der Waals surface area contributed by atoms with Crippen molar-refractivity contribution in [1.82, 2.24) is 4.90 Å². The third-order valence-electron chi connectivity index (χ3n) is 2.92. The number of hydrogen-bond acceptors (Lipinski definition) is 3. The van der Waals surface area contributed by atoms with Crippen LogP contribution in [0, 0.1) is 5.92 Å². The minimum absolute atomic E-state index is 0.157. The number of hydrogen-bond donors (Lipinski definition) is 1. The molecule has 1 aliphatic rings. The van der Waals surface area contributed by atoms with Crippen molar-refractivity contribution < 1.29 is 4.79 Å². The van der Waals surface area contributed by atoms with Crippen LogP contribution >= 0.6 is 0 Å². The highest BCUT2D eigenvalue weighted by Crippen LogP contribution is 2.20. The Morgan fingerprint density at radius 1 is 1.67 bits per heavy atom. The van der Waals surface area contributed by atoms with Crippen LogP contribution in [0.1, 0.15) is 20.3 Å². The molecule has 1 fully saturated rings. The van der Waals surface area contributed by atoms with E-state index in [1.54, 1.807) is 6.92 Å². The molecule has 0 saturated carbocycles. The quantitative estimate of drug-likeness (QED) is 0.698. The molecule has 4 heteroatoms. The van der Waals surface area contributed by atoms with Gasteiger partial charge in [0, 0.05) is 13.1 Å². The molecule has 2 N–H and O–H groups in total. The molecule has 0 aromatic heterocycles. The van der Waals surface area contributed by atoms with E-state index in [1.165, 1.54) is 0 Å². The van der Waals surface area contributed by atoms with Gasteiger partial charge in [0.1, 0.15) is 0 Å². The first-order valence-corrected chi connectivity index (χ1v) is 5.25. The maximum absolute atomic E-state index is 10.9. The van der Waals surface area contributed by atoms with Crippen LogP contribution in [0.4, 0.5) is 0 Å². The van der Waals surface area contributed by atoms with Crippen LogP contribution in [0.15, 0.2) is 17.8 Å². The number of carbonyl (C=O) groups is 1. The highest BCUT2D eigenvalue weighted by molar-refractivity contribution is 6.37. The van der Waals surface area contributed by atoms with Crippen molar-refractivity contribution in [2.75, 3.05) is 13.1 Å². The molecule has 0 bridgehead atoms. The molecule has 1 saturated heterocycles. The summed E-state index contributed by atoms with van der Waals surface area (Å²) in [7, 11) is 0. The maximum atomic E-state index is 10.9. The Morgan fingerprint density at radius 3 is 2.87 bits per heavy atom. The van der Waals surface area contributed by atoms with Crippen LogP contribution in [0.2, 0.25) is 0 Å². The molecule has 15 heavy (non-hydrogen) atoms. The smallest absolute Gasteiger partial charge is 0.262 e. The average Bonchev–Trinajstić information content (AvgIpc) is 2.21. The van der Waals surface area contributed by atoms with E-state index in [4.69, 9.17) is 5.73 Å². The van der Waals surface area contributed by atoms with E-state index in [9.17, 15) is 4.79 Å². The minimum Gasteiger partial charge on any atom is -0.376 e. The van der Waals surface area contributed by atoms with Gasteiger partial charge < -0.3 is 10.6 Å². The normalized spacial score (nSPS) is 27.6. The van der Waals surface area contributed by atoms with Gasteiger partial charge in [0.15, 0.2) is 0 Å². The summed E-state index contributed by atoms with van der Waals surface area (Å²) >= 11 is 0. The molecular weight excluding hydrogens is 190 g/mol. The summed E-state index contributed by atoms with van der Waals surface area (Å²) in [4.78, 5) is 17.4. The van der Waals surface area contributed by atoms with Crippen LogP contribution in [-0.4, -0.2) is 35.7 Å². The van der Waals surface area contributed by atoms with Crippen LogP contribution in [-0.2, 0) is 4.79 Å². The number of piperidine rings is 1. The van der Waals surface area contributed by atoms with E-state index < -0.39 is 5.91 Å². The summed E-state index contributed by atoms with van der Waals surface area (Å²) in [6.07, 6.45) is 2.90. The number of likely N-dealkylation sites (tertiary alicyclic amines) is 1. The van der Waals surface area contributed by atoms with E-state index in [1.807, 2.05) is 6.20 Å². The van der Waals surface area contributed by atoms with Crippen LogP contribution in [0.5, 0.6) is 0 Å². The van der Waals surface area contributed by atoms with Crippen LogP contribution in [0.3, 0.4) is 0 Å². The Balaban J connectivity index is 2.70. The second kappa shape index (κ2) is 4.96. The molecule has 0 radical (unpaired) electrons. The molecule has 0 aliphatic carbocycles. The van der Waals surface area contributed by atoms with Gasteiger partial charge in [-0.3, -0.25) is 9.79 Å². The highest BCUT2D eigenvalue weighted by Gasteiger charge is 2.24. The molecule has 0 aromatic carbocycles. The van der Waals surface area contributed by atoms with Crippen molar-refractivity contribution in [3.05, 3.63) is 12.8 Å². The number of carbonyl (C=O) groups excluding carboxylic acids is 1. The molecule has 1 unspecified atom stereocenters. The molecule has 1 aliphatic heterocycles. The number of primary amides is 1. The summed E-state index contributed by atoms with van der Waals surface area (Å²) in [5, 5.41) is 0. The minimum atomic E-state index is -0.432. The molecule has 4 nitrogen and oxygen atoms in total. The van der Waals surface area contributed by atoms with Gasteiger partial charge >= 0.3 is 0 Å². The van der Waals surface area contributed by atoms with Crippen molar-refractivity contribution in [2.24, 2.45) is 16.6 Å². The lowest BCUT2D eigenvalue weighted by atomic mass is 9.94. The van der Waals surface area contributed by atoms with Crippen LogP contribution < -0.4 is 5.73 Å². The van der Waals surface area contributed by atoms with Gasteiger partial charge in [-0.05, 0) is 25.5 Å². The molecule has 1 rings (SSSR count). The predicted molar refractivity (Wildman–Crippen MR) is 61.6 cm³/mol. The van der Waals surface area contributed by atoms with Crippen molar-refractivity contribution in [3.8, 4) is 0 Å². The summed E-state index contributed by atoms with van der Waals surface area (Å²) in [5.41, 5.74) is 5.58. The van der Waals surface area contributed by atoms with E-state index >= 15 is 0 Å². The van der Waals surface area contributed by atoms with Gasteiger partial charge in [-0.2, -0.15) is 0 Å². The average molecular weight is 209 g/mol. The lowest BCUT2D eigenvalue weighted by molar-refractivity contribution is -0.112. The van der Waals surface area contributed by atoms with E-state index in [2.05, 4.69) is 23.4 Å². The number of amides is 1. The summed E-state index contributed by atoms with van der Waals surface area (Å²) < 4.78 is 0. The summed E-state index contributed by atoms with van der Waals surface area (Å²) in [6.45, 7) is 9.42. The Hall–Kier alpha value is -1.32. The molecule has 1 amide bonds. The molecule has 2 atom stereocenters. The Morgan fingerprint density at radius 2 is 2.33 bits per heavy atom. The number of rotatable bonds is 3. The molecular formula is C11H19N3O. The van der Waals surface area contributed by atoms with Gasteiger partial charge in [0.2, 0.25) is 0 Å². The second-order valence-electron chi connectivity index (χ2n) is 4.09. The van der Waals surface area contributed by atoms with E-state index in [0.717, 1.165) is 19.5 Å². The standard InChI is InChI=1S/C11H19N3O/c1-4-14-6-5-8(2)10(7-14)13-9(3)11(12)15/h4,8,10H,1,5-7H2,2-3H3,(H2,12,15)/t8-,10?/m0/s1. The number of aliphatic imine (C=N–C) groups is 1. The molecule has 0 aromatic rings. The third kappa shape index (κ3) is 3.08. The van der Waals surface area contributed by atoms with Crippen LogP contribution in [0.25, 0.3) is 0 Å². The van der Waals surface area contributed by atoms with Gasteiger partial charge in [-0.15, -0.1) is 0 Å². The lowest BCUT2D eigenvalue weighted by Gasteiger charge is -2.34. The second-order valence-corrected chi connectivity index (χ2v) is 4.09. The van der Waals surface area contributed by atoms with Gasteiger partial charge in [0.25, 0.3) is 5.91 Å². The zero-order valence-corrected chi connectivity index (χ0v) is 9.44. The van der Waals surface area contributed by atoms with Gasteiger partial charge in [0.05, 0.1) is 11.8 Å². The Kier molecular flexibility index (Phi) is 3.88. The first kappa shape index (κ1) is 11.8. The fraction of sp³-hybridized carbons (Fsp3) is 0.636. The van der Waals surface area contributed by atoms with Crippen molar-refractivity contribution in [2.45, 2.75) is 26.3 Å². The predicted octanol–water partition coefficient (Wildman–Crippen LogP) is 0.787. The zero-order chi connectivity index (χ0) is 11.4. The van der Waals surface area contributed by atoms with Crippen molar-refractivity contribution >= 4 is 11.6 Å². The lowest BCUT2D eigenvalue weighted by Crippen LogP contribution is -2.40. The zero-order valence-electron chi connectivity index (χ0n) is 9.44. The maximum Gasteiger partial charge on any atom is 0.262 e. The largest absolute Gasteiger partial charge is 0.376 e. The van der Waals surface area contributed by atoms with E-state index in [0.29, 0.717) is 11.6 Å². The third-order valence-corrected chi connectivity index (χ3v) is 2.92.